The molecular formula is C10H20N2O4. The van der Waals surface area contributed by atoms with Crippen LogP contribution in [0.25, 0.3) is 0 Å². The van der Waals surface area contributed by atoms with Gasteiger partial charge in [0.05, 0.1) is 13.2 Å². The van der Waals surface area contributed by atoms with Crippen LogP contribution in [0.4, 0.5) is 0 Å². The summed E-state index contributed by atoms with van der Waals surface area (Å²) in [5.74, 6) is -0.870. The smallest absolute Gasteiger partial charge is 0.243 e. The van der Waals surface area contributed by atoms with E-state index in [0.717, 1.165) is 0 Å². The van der Waals surface area contributed by atoms with Gasteiger partial charge in [0.25, 0.3) is 0 Å². The average Bonchev–Trinajstić information content (AvgIpc) is 2.18. The number of carbonyl (C=O) groups excluding carboxylic acids is 2. The number of primary amides is 2. The lowest BCUT2D eigenvalue weighted by atomic mass is 10.3. The molecule has 0 heterocycles. The predicted molar refractivity (Wildman–Crippen MR) is 62.2 cm³/mol. The Bertz CT molecular complexity index is 199. The van der Waals surface area contributed by atoms with E-state index in [9.17, 15) is 9.59 Å². The molecule has 0 aliphatic rings. The molecule has 0 saturated carbocycles. The Labute approximate surface area is 95.2 Å². The molecule has 6 nitrogen and oxygen atoms in total. The van der Waals surface area contributed by atoms with Crippen molar-refractivity contribution < 1.29 is 19.8 Å². The van der Waals surface area contributed by atoms with E-state index in [0.29, 0.717) is 11.1 Å². The van der Waals surface area contributed by atoms with Gasteiger partial charge in [-0.25, -0.2) is 0 Å². The molecule has 0 aromatic rings. The van der Waals surface area contributed by atoms with Crippen LogP contribution < -0.4 is 11.5 Å². The van der Waals surface area contributed by atoms with Crippen LogP contribution in [0.15, 0.2) is 24.3 Å². The van der Waals surface area contributed by atoms with Crippen molar-refractivity contribution in [3.8, 4) is 0 Å². The van der Waals surface area contributed by atoms with Crippen molar-refractivity contribution in [1.29, 1.82) is 0 Å². The number of hydrogen-bond donors (Lipinski definition) is 4. The summed E-state index contributed by atoms with van der Waals surface area (Å²) in [5.41, 5.74) is 10.2. The Morgan fingerprint density at radius 1 is 0.938 bits per heavy atom. The summed E-state index contributed by atoms with van der Waals surface area (Å²) in [6.45, 7) is 9.45. The zero-order valence-electron chi connectivity index (χ0n) is 9.69. The first kappa shape index (κ1) is 19.8. The minimum absolute atomic E-state index is 0.125. The lowest BCUT2D eigenvalue weighted by Crippen LogP contribution is -2.10. The predicted octanol–water partition coefficient (Wildman–Crippen LogP) is -0.933. The van der Waals surface area contributed by atoms with Gasteiger partial charge in [-0.3, -0.25) is 9.59 Å². The van der Waals surface area contributed by atoms with Crippen LogP contribution in [0.5, 0.6) is 0 Å². The van der Waals surface area contributed by atoms with Crippen molar-refractivity contribution in [2.75, 3.05) is 13.2 Å². The summed E-state index contributed by atoms with van der Waals surface area (Å²) in [7, 11) is 0. The van der Waals surface area contributed by atoms with Gasteiger partial charge in [0.1, 0.15) is 0 Å². The van der Waals surface area contributed by atoms with Crippen molar-refractivity contribution in [2.24, 2.45) is 11.5 Å². The van der Waals surface area contributed by atoms with E-state index in [4.69, 9.17) is 21.7 Å². The van der Waals surface area contributed by atoms with Gasteiger partial charge in [-0.1, -0.05) is 13.2 Å². The normalized spacial score (nSPS) is 7.50. The molecule has 0 bridgehead atoms. The largest absolute Gasteiger partial charge is 0.394 e. The number of aliphatic hydroxyl groups is 2. The SMILES string of the molecule is C=C(C)C(N)=O.C=C(C)C(N)=O.OCCO. The molecule has 0 rings (SSSR count). The van der Waals surface area contributed by atoms with Gasteiger partial charge in [0.15, 0.2) is 0 Å². The highest BCUT2D eigenvalue weighted by Crippen LogP contribution is 1.78. The summed E-state index contributed by atoms with van der Waals surface area (Å²) in [4.78, 5) is 19.6. The molecular weight excluding hydrogens is 212 g/mol. The van der Waals surface area contributed by atoms with Gasteiger partial charge in [0.2, 0.25) is 11.8 Å². The second kappa shape index (κ2) is 13.3. The molecule has 0 spiro atoms. The zero-order valence-corrected chi connectivity index (χ0v) is 9.69. The number of nitrogens with two attached hydrogens (primary N) is 2. The number of aliphatic hydroxyl groups excluding tert-OH is 2. The van der Waals surface area contributed by atoms with Crippen LogP contribution in [0, 0.1) is 0 Å². The minimum atomic E-state index is -0.435. The maximum Gasteiger partial charge on any atom is 0.243 e. The first-order chi connectivity index (χ1) is 7.20. The first-order valence-electron chi connectivity index (χ1n) is 4.33. The van der Waals surface area contributed by atoms with Gasteiger partial charge in [-0.2, -0.15) is 0 Å². The van der Waals surface area contributed by atoms with E-state index in [1.807, 2.05) is 0 Å². The van der Waals surface area contributed by atoms with E-state index in [1.54, 1.807) is 13.8 Å². The molecule has 16 heavy (non-hydrogen) atoms. The topological polar surface area (TPSA) is 127 Å². The highest BCUT2D eigenvalue weighted by atomic mass is 16.3. The number of carbonyl (C=O) groups is 2. The van der Waals surface area contributed by atoms with Crippen LogP contribution in [0.2, 0.25) is 0 Å². The fourth-order valence-corrected chi connectivity index (χ4v) is 0. The molecule has 0 fully saturated rings. The highest BCUT2D eigenvalue weighted by molar-refractivity contribution is 5.90. The van der Waals surface area contributed by atoms with Crippen LogP contribution in [0.3, 0.4) is 0 Å². The van der Waals surface area contributed by atoms with Gasteiger partial charge in [-0.15, -0.1) is 0 Å². The van der Waals surface area contributed by atoms with Crippen LogP contribution in [-0.2, 0) is 9.59 Å². The number of rotatable bonds is 3. The monoisotopic (exact) mass is 232 g/mol. The molecule has 0 saturated heterocycles. The Hall–Kier alpha value is -1.66. The van der Waals surface area contributed by atoms with Crippen LogP contribution in [-0.4, -0.2) is 35.2 Å². The highest BCUT2D eigenvalue weighted by Gasteiger charge is 1.87. The summed E-state index contributed by atoms with van der Waals surface area (Å²) in [6, 6.07) is 0. The Morgan fingerprint density at radius 3 is 1.06 bits per heavy atom. The van der Waals surface area contributed by atoms with E-state index in [1.165, 1.54) is 0 Å². The van der Waals surface area contributed by atoms with Gasteiger partial charge in [-0.05, 0) is 13.8 Å². The van der Waals surface area contributed by atoms with Crippen molar-refractivity contribution in [3.05, 3.63) is 24.3 Å². The van der Waals surface area contributed by atoms with Crippen LogP contribution in [0.1, 0.15) is 13.8 Å². The lowest BCUT2D eigenvalue weighted by molar-refractivity contribution is -0.115. The molecule has 2 amide bonds. The molecule has 0 aromatic heterocycles. The molecule has 0 aliphatic heterocycles. The third-order valence-corrected chi connectivity index (χ3v) is 0.941. The Morgan fingerprint density at radius 2 is 1.06 bits per heavy atom. The first-order valence-corrected chi connectivity index (χ1v) is 4.33. The third kappa shape index (κ3) is 29.5. The number of amides is 2. The van der Waals surface area contributed by atoms with Crippen molar-refractivity contribution in [1.82, 2.24) is 0 Å². The van der Waals surface area contributed by atoms with Crippen molar-refractivity contribution in [3.63, 3.8) is 0 Å². The number of hydrogen-bond acceptors (Lipinski definition) is 4. The molecule has 0 atom stereocenters. The van der Waals surface area contributed by atoms with Gasteiger partial charge in [0, 0.05) is 11.1 Å². The second-order valence-electron chi connectivity index (χ2n) is 2.74. The van der Waals surface area contributed by atoms with E-state index >= 15 is 0 Å². The maximum absolute atomic E-state index is 9.82. The molecule has 6 heteroatoms. The molecule has 0 radical (unpaired) electrons. The average molecular weight is 232 g/mol. The Balaban J connectivity index is -0.000000162. The van der Waals surface area contributed by atoms with Gasteiger partial charge < -0.3 is 21.7 Å². The maximum atomic E-state index is 9.82. The standard InChI is InChI=1S/2C4H7NO.C2H6O2/c2*1-3(2)4(5)6;3-1-2-4/h2*1H2,2H3,(H2,5,6);3-4H,1-2H2. The second-order valence-corrected chi connectivity index (χ2v) is 2.74. The molecule has 0 aromatic carbocycles. The summed E-state index contributed by atoms with van der Waals surface area (Å²) < 4.78 is 0. The summed E-state index contributed by atoms with van der Waals surface area (Å²) >= 11 is 0. The summed E-state index contributed by atoms with van der Waals surface area (Å²) in [6.07, 6.45) is 0. The Kier molecular flexibility index (Phi) is 16.5. The van der Waals surface area contributed by atoms with E-state index < -0.39 is 11.8 Å². The fourth-order valence-electron chi connectivity index (χ4n) is 0. The zero-order chi connectivity index (χ0) is 13.7. The van der Waals surface area contributed by atoms with Crippen molar-refractivity contribution >= 4 is 11.8 Å². The minimum Gasteiger partial charge on any atom is -0.394 e. The molecule has 0 aliphatic carbocycles. The van der Waals surface area contributed by atoms with Crippen molar-refractivity contribution in [2.45, 2.75) is 13.8 Å². The molecule has 94 valence electrons. The quantitative estimate of drug-likeness (QED) is 0.468. The van der Waals surface area contributed by atoms with Crippen LogP contribution >= 0.6 is 0 Å². The summed E-state index contributed by atoms with van der Waals surface area (Å²) in [5, 5.41) is 15.2. The third-order valence-electron chi connectivity index (χ3n) is 0.941. The fraction of sp³-hybridized carbons (Fsp3) is 0.400. The molecule has 6 N–H and O–H groups in total. The molecule has 0 unspecified atom stereocenters. The van der Waals surface area contributed by atoms with E-state index in [-0.39, 0.29) is 13.2 Å². The van der Waals surface area contributed by atoms with E-state index in [2.05, 4.69) is 13.2 Å². The lowest BCUT2D eigenvalue weighted by Gasteiger charge is -1.81. The van der Waals surface area contributed by atoms with Gasteiger partial charge >= 0.3 is 0 Å².